The molecule has 0 aromatic carbocycles. The summed E-state index contributed by atoms with van der Waals surface area (Å²) >= 11 is 0. The topological polar surface area (TPSA) is 113 Å². The van der Waals surface area contributed by atoms with Gasteiger partial charge in [0.2, 0.25) is 6.04 Å². The van der Waals surface area contributed by atoms with Crippen molar-refractivity contribution in [3.8, 4) is 0 Å². The summed E-state index contributed by atoms with van der Waals surface area (Å²) in [6, 6.07) is -1.99. The second-order valence-corrected chi connectivity index (χ2v) is 5.04. The summed E-state index contributed by atoms with van der Waals surface area (Å²) in [7, 11) is -2.83. The Labute approximate surface area is 98.7 Å². The molecule has 0 rings (SSSR count). The first-order valence-corrected chi connectivity index (χ1v) is 6.37. The molecule has 0 radical (unpaired) electrons. The van der Waals surface area contributed by atoms with Gasteiger partial charge in [-0.05, 0) is 20.9 Å². The van der Waals surface area contributed by atoms with E-state index in [1.165, 1.54) is 13.8 Å². The zero-order valence-corrected chi connectivity index (χ0v) is 10.7. The van der Waals surface area contributed by atoms with Gasteiger partial charge in [-0.3, -0.25) is 9.05 Å². The Kier molecular flexibility index (Phi) is 6.33. The molecule has 0 heterocycles. The summed E-state index contributed by atoms with van der Waals surface area (Å²) in [6.45, 7) is 3.09. The minimum Gasteiger partial charge on any atom is -0.480 e. The van der Waals surface area contributed by atoms with E-state index in [0.717, 1.165) is 7.05 Å². The van der Waals surface area contributed by atoms with Gasteiger partial charge in [-0.1, -0.05) is 0 Å². The maximum atomic E-state index is 12.1. The molecule has 0 unspecified atom stereocenters. The fourth-order valence-corrected chi connectivity index (χ4v) is 2.68. The molecule has 0 aliphatic heterocycles. The molecule has 0 aromatic rings. The molecule has 9 heteroatoms. The van der Waals surface area contributed by atoms with Crippen LogP contribution in [0.1, 0.15) is 13.8 Å². The lowest BCUT2D eigenvalue weighted by Crippen LogP contribution is -2.43. The Morgan fingerprint density at radius 3 is 1.76 bits per heavy atom. The molecule has 2 N–H and O–H groups in total. The van der Waals surface area contributed by atoms with E-state index in [1.54, 1.807) is 0 Å². The van der Waals surface area contributed by atoms with E-state index in [0.29, 0.717) is 4.67 Å². The molecule has 0 saturated carbocycles. The molecule has 0 spiro atoms. The Bertz CT molecular complexity index is 308. The first-order valence-electron chi connectivity index (χ1n) is 4.88. The van der Waals surface area contributed by atoms with Gasteiger partial charge in [0, 0.05) is 0 Å². The van der Waals surface area contributed by atoms with Crippen LogP contribution in [-0.2, 0) is 23.2 Å². The van der Waals surface area contributed by atoms with Crippen LogP contribution in [0, 0.1) is 0 Å². The first kappa shape index (κ1) is 16.1. The molecule has 100 valence electrons. The molecular formula is C8H16NO7P. The van der Waals surface area contributed by atoms with Gasteiger partial charge in [-0.25, -0.2) is 14.2 Å². The van der Waals surface area contributed by atoms with E-state index in [1.807, 2.05) is 0 Å². The van der Waals surface area contributed by atoms with Gasteiger partial charge in [0.15, 0.2) is 0 Å². The van der Waals surface area contributed by atoms with Crippen molar-refractivity contribution in [2.75, 3.05) is 20.3 Å². The maximum absolute atomic E-state index is 12.1. The lowest BCUT2D eigenvalue weighted by atomic mass is 10.3. The van der Waals surface area contributed by atoms with E-state index >= 15 is 0 Å². The third-order valence-corrected chi connectivity index (χ3v) is 3.99. The van der Waals surface area contributed by atoms with Gasteiger partial charge in [-0.2, -0.15) is 4.67 Å². The van der Waals surface area contributed by atoms with Crippen molar-refractivity contribution in [3.05, 3.63) is 0 Å². The third kappa shape index (κ3) is 4.08. The fourth-order valence-electron chi connectivity index (χ4n) is 1.11. The lowest BCUT2D eigenvalue weighted by Gasteiger charge is -2.28. The van der Waals surface area contributed by atoms with Crippen LogP contribution in [0.5, 0.6) is 0 Å². The second kappa shape index (κ2) is 6.70. The van der Waals surface area contributed by atoms with Crippen molar-refractivity contribution < 1.29 is 33.4 Å². The minimum absolute atomic E-state index is 0.00752. The van der Waals surface area contributed by atoms with E-state index in [9.17, 15) is 14.2 Å². The SMILES string of the molecule is CCOP(=O)(OCC)N(C)C(C(=O)O)C(=O)O. The average molecular weight is 269 g/mol. The summed E-state index contributed by atoms with van der Waals surface area (Å²) in [6.07, 6.45) is 0. The zero-order valence-electron chi connectivity index (χ0n) is 9.82. The monoisotopic (exact) mass is 269 g/mol. The standard InChI is InChI=1S/C8H16NO7P/c1-4-15-17(14,16-5-2)9(3)6(7(10)11)8(12)13/h6H,4-5H2,1-3H3,(H,10,11)(H,12,13). The number of nitrogens with zero attached hydrogens (tertiary/aromatic N) is 1. The molecule has 8 nitrogen and oxygen atoms in total. The molecule has 17 heavy (non-hydrogen) atoms. The average Bonchev–Trinajstić information content (AvgIpc) is 2.16. The fraction of sp³-hybridized carbons (Fsp3) is 0.750. The molecule has 0 amide bonds. The van der Waals surface area contributed by atoms with Gasteiger partial charge in [0.05, 0.1) is 13.2 Å². The van der Waals surface area contributed by atoms with Crippen LogP contribution < -0.4 is 0 Å². The number of hydrogen-bond acceptors (Lipinski definition) is 5. The Hall–Kier alpha value is -0.950. The van der Waals surface area contributed by atoms with Gasteiger partial charge >= 0.3 is 19.7 Å². The highest BCUT2D eigenvalue weighted by atomic mass is 31.2. The molecule has 0 fully saturated rings. The summed E-state index contributed by atoms with van der Waals surface area (Å²) < 4.78 is 22.4. The van der Waals surface area contributed by atoms with Crippen molar-refractivity contribution in [2.24, 2.45) is 0 Å². The van der Waals surface area contributed by atoms with Crippen molar-refractivity contribution in [1.29, 1.82) is 0 Å². The van der Waals surface area contributed by atoms with E-state index < -0.39 is 25.7 Å². The minimum atomic E-state index is -3.90. The summed E-state index contributed by atoms with van der Waals surface area (Å²) in [4.78, 5) is 21.6. The molecule has 0 bridgehead atoms. The van der Waals surface area contributed by atoms with Crippen LogP contribution >= 0.6 is 7.75 Å². The molecule has 0 aromatic heterocycles. The highest BCUT2D eigenvalue weighted by molar-refractivity contribution is 7.51. The van der Waals surface area contributed by atoms with Gasteiger partial charge in [0.1, 0.15) is 0 Å². The lowest BCUT2D eigenvalue weighted by molar-refractivity contribution is -0.154. The third-order valence-electron chi connectivity index (χ3n) is 1.81. The van der Waals surface area contributed by atoms with Crippen LogP contribution in [0.25, 0.3) is 0 Å². The predicted molar refractivity (Wildman–Crippen MR) is 57.7 cm³/mol. The first-order chi connectivity index (χ1) is 7.80. The van der Waals surface area contributed by atoms with Gasteiger partial charge in [0.25, 0.3) is 0 Å². The number of carboxylic acid groups (broad SMARTS) is 2. The number of hydrogen-bond donors (Lipinski definition) is 2. The van der Waals surface area contributed by atoms with Gasteiger partial charge in [-0.15, -0.1) is 0 Å². The largest absolute Gasteiger partial charge is 0.480 e. The number of aliphatic carboxylic acids is 2. The molecular weight excluding hydrogens is 253 g/mol. The van der Waals surface area contributed by atoms with Crippen molar-refractivity contribution >= 4 is 19.7 Å². The number of rotatable bonds is 8. The summed E-state index contributed by atoms with van der Waals surface area (Å²) in [5.74, 6) is -3.28. The number of likely N-dealkylation sites (N-methyl/N-ethyl adjacent to an activating group) is 1. The van der Waals surface area contributed by atoms with Crippen LogP contribution in [0.15, 0.2) is 0 Å². The highest BCUT2D eigenvalue weighted by Crippen LogP contribution is 2.51. The van der Waals surface area contributed by atoms with Crippen LogP contribution in [0.2, 0.25) is 0 Å². The highest BCUT2D eigenvalue weighted by Gasteiger charge is 2.43. The zero-order chi connectivity index (χ0) is 13.6. The molecule has 0 aliphatic carbocycles. The Balaban J connectivity index is 5.17. The molecule has 0 aliphatic rings. The second-order valence-electron chi connectivity index (χ2n) is 2.96. The Morgan fingerprint density at radius 1 is 1.18 bits per heavy atom. The maximum Gasteiger partial charge on any atom is 0.409 e. The van der Waals surface area contributed by atoms with E-state index in [4.69, 9.17) is 19.3 Å². The normalized spacial score (nSPS) is 12.1. The molecule has 0 saturated heterocycles. The quantitative estimate of drug-likeness (QED) is 0.487. The number of carbonyl (C=O) groups is 2. The van der Waals surface area contributed by atoms with Crippen LogP contribution in [0.3, 0.4) is 0 Å². The van der Waals surface area contributed by atoms with Crippen molar-refractivity contribution in [1.82, 2.24) is 4.67 Å². The smallest absolute Gasteiger partial charge is 0.409 e. The molecule has 0 atom stereocenters. The van der Waals surface area contributed by atoms with Crippen LogP contribution in [-0.4, -0.2) is 53.1 Å². The van der Waals surface area contributed by atoms with Crippen LogP contribution in [0.4, 0.5) is 0 Å². The van der Waals surface area contributed by atoms with E-state index in [-0.39, 0.29) is 13.2 Å². The Morgan fingerprint density at radius 2 is 1.53 bits per heavy atom. The summed E-state index contributed by atoms with van der Waals surface area (Å²) in [5.41, 5.74) is 0. The predicted octanol–water partition coefficient (Wildman–Crippen LogP) is 0.637. The van der Waals surface area contributed by atoms with Crippen molar-refractivity contribution in [2.45, 2.75) is 19.9 Å². The van der Waals surface area contributed by atoms with E-state index in [2.05, 4.69) is 0 Å². The van der Waals surface area contributed by atoms with Gasteiger partial charge < -0.3 is 10.2 Å². The van der Waals surface area contributed by atoms with Crippen molar-refractivity contribution in [3.63, 3.8) is 0 Å². The summed E-state index contributed by atoms with van der Waals surface area (Å²) in [5, 5.41) is 17.5. The number of carboxylic acids is 2.